The fourth-order valence-corrected chi connectivity index (χ4v) is 8.33. The monoisotopic (exact) mass is 904 g/mol. The number of hydrogen-bond donors (Lipinski definition) is 2. The van der Waals surface area contributed by atoms with E-state index < -0.39 is 64.7 Å². The van der Waals surface area contributed by atoms with Gasteiger partial charge in [-0.15, -0.1) is 0 Å². The summed E-state index contributed by atoms with van der Waals surface area (Å²) in [5.74, 6) is 0. The SMILES string of the molecule is CCCCCCCCCCCCCCCCC(COS(=O)(=O)[O-])S(=O)(=O)O.CCCCCCCCCCCCCCCCC(COS(=O)(=O)[O-])S(=O)(=O)O.[Na+].[Na+]. The molecule has 0 saturated carbocycles. The molecule has 0 aromatic carbocycles. The van der Waals surface area contributed by atoms with Crippen LogP contribution < -0.4 is 59.1 Å². The maximum absolute atomic E-state index is 11.2. The van der Waals surface area contributed by atoms with Gasteiger partial charge in [0, 0.05) is 0 Å². The Hall–Kier alpha value is 1.56. The third-order valence-electron chi connectivity index (χ3n) is 9.40. The van der Waals surface area contributed by atoms with Crippen molar-refractivity contribution in [3.05, 3.63) is 0 Å². The van der Waals surface area contributed by atoms with Gasteiger partial charge in [-0.25, -0.2) is 16.8 Å². The predicted molar refractivity (Wildman–Crippen MR) is 212 cm³/mol. The van der Waals surface area contributed by atoms with Crippen molar-refractivity contribution < 1.29 is 119 Å². The summed E-state index contributed by atoms with van der Waals surface area (Å²) in [7, 11) is -18.8. The van der Waals surface area contributed by atoms with Crippen LogP contribution in [0.1, 0.15) is 206 Å². The van der Waals surface area contributed by atoms with E-state index in [9.17, 15) is 42.8 Å². The fraction of sp³-hybridized carbons (Fsp3) is 1.00. The normalized spacial score (nSPS) is 13.2. The van der Waals surface area contributed by atoms with Crippen LogP contribution in [0.5, 0.6) is 0 Å². The molecule has 0 bridgehead atoms. The Morgan fingerprint density at radius 2 is 0.554 bits per heavy atom. The Bertz CT molecular complexity index is 1200. The van der Waals surface area contributed by atoms with Gasteiger partial charge in [-0.2, -0.15) is 16.8 Å². The molecule has 0 aliphatic carbocycles. The fourth-order valence-electron chi connectivity index (χ4n) is 6.09. The zero-order valence-corrected chi connectivity index (χ0v) is 42.5. The molecule has 0 aliphatic heterocycles. The van der Waals surface area contributed by atoms with Crippen LogP contribution in [-0.2, 0) is 49.4 Å². The van der Waals surface area contributed by atoms with Crippen LogP contribution in [0.4, 0.5) is 0 Å². The van der Waals surface area contributed by atoms with E-state index in [1.165, 1.54) is 116 Å². The molecule has 0 amide bonds. The molecule has 0 aliphatic rings. The zero-order chi connectivity index (χ0) is 41.2. The first-order valence-corrected chi connectivity index (χ1v) is 26.1. The molecule has 2 N–H and O–H groups in total. The Morgan fingerprint density at radius 3 is 0.714 bits per heavy atom. The molecule has 0 radical (unpaired) electrons. The second-order valence-electron chi connectivity index (χ2n) is 14.4. The first-order valence-electron chi connectivity index (χ1n) is 20.5. The van der Waals surface area contributed by atoms with Crippen molar-refractivity contribution in [1.82, 2.24) is 0 Å². The van der Waals surface area contributed by atoms with Crippen molar-refractivity contribution in [1.29, 1.82) is 0 Å². The van der Waals surface area contributed by atoms with E-state index in [1.54, 1.807) is 0 Å². The summed E-state index contributed by atoms with van der Waals surface area (Å²) in [5, 5.41) is -2.75. The van der Waals surface area contributed by atoms with Crippen LogP contribution in [0.15, 0.2) is 0 Å². The summed E-state index contributed by atoms with van der Waals surface area (Å²) in [4.78, 5) is 0. The van der Waals surface area contributed by atoms with Gasteiger partial charge in [0.05, 0.1) is 13.2 Å². The van der Waals surface area contributed by atoms with Crippen molar-refractivity contribution in [2.45, 2.75) is 217 Å². The van der Waals surface area contributed by atoms with E-state index in [1.807, 2.05) is 0 Å². The maximum atomic E-state index is 11.2. The van der Waals surface area contributed by atoms with Crippen molar-refractivity contribution in [2.75, 3.05) is 13.2 Å². The van der Waals surface area contributed by atoms with E-state index in [0.717, 1.165) is 51.4 Å². The van der Waals surface area contributed by atoms with Crippen LogP contribution in [-0.4, -0.2) is 75.6 Å². The summed E-state index contributed by atoms with van der Waals surface area (Å²) in [6.45, 7) is 2.79. The molecule has 14 nitrogen and oxygen atoms in total. The molecule has 328 valence electrons. The summed E-state index contributed by atoms with van der Waals surface area (Å²) in [5.41, 5.74) is 0. The molecular formula is C36H74Na2O14S4. The first-order chi connectivity index (χ1) is 25.3. The molecule has 0 aromatic heterocycles. The van der Waals surface area contributed by atoms with Gasteiger partial charge in [0.15, 0.2) is 0 Å². The van der Waals surface area contributed by atoms with Crippen LogP contribution in [0.25, 0.3) is 0 Å². The van der Waals surface area contributed by atoms with Gasteiger partial charge in [0.1, 0.15) is 10.5 Å². The molecule has 0 heterocycles. The van der Waals surface area contributed by atoms with Gasteiger partial charge >= 0.3 is 59.1 Å². The average Bonchev–Trinajstić information content (AvgIpc) is 3.05. The van der Waals surface area contributed by atoms with Crippen molar-refractivity contribution in [3.8, 4) is 0 Å². The van der Waals surface area contributed by atoms with Crippen LogP contribution >= 0.6 is 0 Å². The zero-order valence-electron chi connectivity index (χ0n) is 35.2. The van der Waals surface area contributed by atoms with Crippen molar-refractivity contribution >= 4 is 41.0 Å². The Morgan fingerprint density at radius 1 is 0.375 bits per heavy atom. The van der Waals surface area contributed by atoms with Crippen molar-refractivity contribution in [2.24, 2.45) is 0 Å². The van der Waals surface area contributed by atoms with Gasteiger partial charge in [0.2, 0.25) is 20.8 Å². The molecule has 0 rings (SSSR count). The summed E-state index contributed by atoms with van der Waals surface area (Å²) in [6.07, 6.45) is 32.8. The van der Waals surface area contributed by atoms with Gasteiger partial charge < -0.3 is 9.11 Å². The van der Waals surface area contributed by atoms with E-state index >= 15 is 0 Å². The Kier molecular flexibility index (Phi) is 46.6. The third kappa shape index (κ3) is 49.9. The van der Waals surface area contributed by atoms with Gasteiger partial charge in [-0.1, -0.05) is 194 Å². The predicted octanol–water partition coefficient (Wildman–Crippen LogP) is 3.19. The van der Waals surface area contributed by atoms with Gasteiger partial charge in [-0.05, 0) is 12.8 Å². The molecule has 2 unspecified atom stereocenters. The summed E-state index contributed by atoms with van der Waals surface area (Å²) in [6, 6.07) is 0. The minimum atomic E-state index is -4.96. The molecule has 20 heteroatoms. The Balaban J connectivity index is -0.000000466. The second kappa shape index (κ2) is 40.6. The molecule has 0 saturated heterocycles. The largest absolute Gasteiger partial charge is 1.00 e. The van der Waals surface area contributed by atoms with E-state index in [2.05, 4.69) is 22.2 Å². The molecule has 56 heavy (non-hydrogen) atoms. The molecule has 0 aromatic rings. The van der Waals surface area contributed by atoms with E-state index in [4.69, 9.17) is 9.11 Å². The minimum absolute atomic E-state index is 0. The number of hydrogen-bond acceptors (Lipinski definition) is 12. The molecule has 0 fully saturated rings. The average molecular weight is 905 g/mol. The first kappa shape index (κ1) is 64.2. The third-order valence-corrected chi connectivity index (χ3v) is 12.7. The smallest absolute Gasteiger partial charge is 0.726 e. The maximum Gasteiger partial charge on any atom is 1.00 e. The second-order valence-corrected chi connectivity index (χ2v) is 19.9. The molecular weight excluding hydrogens is 831 g/mol. The van der Waals surface area contributed by atoms with Crippen LogP contribution in [0.2, 0.25) is 0 Å². The van der Waals surface area contributed by atoms with Crippen molar-refractivity contribution in [3.63, 3.8) is 0 Å². The van der Waals surface area contributed by atoms with Crippen LogP contribution in [0, 0.1) is 0 Å². The standard InChI is InChI=1S/2C18H38O7S2.2Na/c2*1-2-3-4-5-6-7-8-9-10-11-12-13-14-15-16-18(26(19,20)21)17-25-27(22,23)24;;/h2*18H,2-17H2,1H3,(H,19,20,21)(H,22,23,24);;/q;;2*+1/p-2. The quantitative estimate of drug-likeness (QED) is 0.0392. The minimum Gasteiger partial charge on any atom is -0.726 e. The Labute approximate surface area is 387 Å². The van der Waals surface area contributed by atoms with E-state index in [0.29, 0.717) is 12.8 Å². The van der Waals surface area contributed by atoms with Gasteiger partial charge in [-0.3, -0.25) is 17.5 Å². The van der Waals surface area contributed by atoms with E-state index in [-0.39, 0.29) is 72.0 Å². The summed E-state index contributed by atoms with van der Waals surface area (Å²) >= 11 is 0. The molecule has 0 spiro atoms. The molecule has 2 atom stereocenters. The topological polar surface area (TPSA) is 242 Å². The van der Waals surface area contributed by atoms with Crippen LogP contribution in [0.3, 0.4) is 0 Å². The van der Waals surface area contributed by atoms with Gasteiger partial charge in [0.25, 0.3) is 20.2 Å². The summed E-state index contributed by atoms with van der Waals surface area (Å²) < 4.78 is 133. The number of rotatable bonds is 38. The number of unbranched alkanes of at least 4 members (excludes halogenated alkanes) is 26.